The Morgan fingerprint density at radius 1 is 1.17 bits per heavy atom. The van der Waals surface area contributed by atoms with Crippen LogP contribution in [0.5, 0.6) is 0 Å². The number of hydrogen-bond donors (Lipinski definition) is 1. The van der Waals surface area contributed by atoms with Gasteiger partial charge in [-0.15, -0.1) is 0 Å². The smallest absolute Gasteiger partial charge is 0.338 e. The molecule has 1 aliphatic rings. The minimum atomic E-state index is -0.485. The van der Waals surface area contributed by atoms with Gasteiger partial charge in [0.05, 0.1) is 12.2 Å². The SMILES string of the molecule is COCc1ccc(C(=O)OCC(=O)N[C@H]2CCCC[C@H]2C)cc1. The molecule has 1 aliphatic carbocycles. The maximum atomic E-state index is 11.9. The molecule has 2 atom stereocenters. The molecule has 0 spiro atoms. The van der Waals surface area contributed by atoms with E-state index in [0.717, 1.165) is 24.8 Å². The Bertz CT molecular complexity index is 526. The molecule has 23 heavy (non-hydrogen) atoms. The number of rotatable bonds is 6. The van der Waals surface area contributed by atoms with Crippen molar-refractivity contribution in [3.63, 3.8) is 0 Å². The van der Waals surface area contributed by atoms with E-state index in [1.807, 2.05) is 12.1 Å². The minimum Gasteiger partial charge on any atom is -0.452 e. The second-order valence-corrected chi connectivity index (χ2v) is 6.14. The van der Waals surface area contributed by atoms with Crippen LogP contribution in [0, 0.1) is 5.92 Å². The van der Waals surface area contributed by atoms with Crippen LogP contribution in [0.15, 0.2) is 24.3 Å². The van der Waals surface area contributed by atoms with Crippen LogP contribution in [0.2, 0.25) is 0 Å². The van der Waals surface area contributed by atoms with Gasteiger partial charge in [-0.05, 0) is 36.5 Å². The molecular weight excluding hydrogens is 294 g/mol. The van der Waals surface area contributed by atoms with E-state index in [9.17, 15) is 9.59 Å². The van der Waals surface area contributed by atoms with Crippen LogP contribution in [0.25, 0.3) is 0 Å². The third kappa shape index (κ3) is 5.36. The van der Waals surface area contributed by atoms with E-state index in [4.69, 9.17) is 9.47 Å². The number of carbonyl (C=O) groups is 2. The molecule has 5 heteroatoms. The number of ether oxygens (including phenoxy) is 2. The largest absolute Gasteiger partial charge is 0.452 e. The molecule has 1 amide bonds. The molecule has 1 fully saturated rings. The van der Waals surface area contributed by atoms with Gasteiger partial charge < -0.3 is 14.8 Å². The van der Waals surface area contributed by atoms with Crippen molar-refractivity contribution in [1.29, 1.82) is 0 Å². The second kappa shape index (κ2) is 8.67. The minimum absolute atomic E-state index is 0.197. The summed E-state index contributed by atoms with van der Waals surface area (Å²) in [6.45, 7) is 2.41. The quantitative estimate of drug-likeness (QED) is 0.819. The number of nitrogens with one attached hydrogen (secondary N) is 1. The first-order valence-corrected chi connectivity index (χ1v) is 8.14. The normalized spacial score (nSPS) is 20.8. The summed E-state index contributed by atoms with van der Waals surface area (Å²) in [5, 5.41) is 2.97. The maximum Gasteiger partial charge on any atom is 0.338 e. The summed E-state index contributed by atoms with van der Waals surface area (Å²) in [5.41, 5.74) is 1.41. The number of benzene rings is 1. The topological polar surface area (TPSA) is 64.6 Å². The highest BCUT2D eigenvalue weighted by Crippen LogP contribution is 2.23. The summed E-state index contributed by atoms with van der Waals surface area (Å²) in [6.07, 6.45) is 4.50. The van der Waals surface area contributed by atoms with Gasteiger partial charge in [0.2, 0.25) is 0 Å². The van der Waals surface area contributed by atoms with Gasteiger partial charge in [-0.3, -0.25) is 4.79 Å². The molecule has 0 radical (unpaired) electrons. The van der Waals surface area contributed by atoms with E-state index in [-0.39, 0.29) is 18.6 Å². The van der Waals surface area contributed by atoms with Crippen LogP contribution in [0.1, 0.15) is 48.5 Å². The molecule has 0 heterocycles. The highest BCUT2D eigenvalue weighted by molar-refractivity contribution is 5.91. The van der Waals surface area contributed by atoms with E-state index in [0.29, 0.717) is 18.1 Å². The first-order valence-electron chi connectivity index (χ1n) is 8.14. The van der Waals surface area contributed by atoms with Crippen molar-refractivity contribution in [2.45, 2.75) is 45.3 Å². The Hall–Kier alpha value is -1.88. The third-order valence-electron chi connectivity index (χ3n) is 4.29. The lowest BCUT2D eigenvalue weighted by atomic mass is 9.86. The average molecular weight is 319 g/mol. The Labute approximate surface area is 137 Å². The van der Waals surface area contributed by atoms with Crippen molar-refractivity contribution in [1.82, 2.24) is 5.32 Å². The Balaban J connectivity index is 1.77. The lowest BCUT2D eigenvalue weighted by molar-refractivity contribution is -0.125. The molecule has 126 valence electrons. The number of methoxy groups -OCH3 is 1. The van der Waals surface area contributed by atoms with Gasteiger partial charge in [-0.1, -0.05) is 31.9 Å². The lowest BCUT2D eigenvalue weighted by Gasteiger charge is -2.29. The van der Waals surface area contributed by atoms with Crippen molar-refractivity contribution < 1.29 is 19.1 Å². The Morgan fingerprint density at radius 2 is 1.87 bits per heavy atom. The molecule has 1 aromatic rings. The van der Waals surface area contributed by atoms with Gasteiger partial charge in [0.15, 0.2) is 6.61 Å². The summed E-state index contributed by atoms with van der Waals surface area (Å²) in [7, 11) is 1.62. The molecule has 1 saturated carbocycles. The summed E-state index contributed by atoms with van der Waals surface area (Å²) >= 11 is 0. The molecule has 0 unspecified atom stereocenters. The predicted molar refractivity (Wildman–Crippen MR) is 87.0 cm³/mol. The molecule has 2 rings (SSSR count). The van der Waals surface area contributed by atoms with E-state index >= 15 is 0 Å². The van der Waals surface area contributed by atoms with Crippen LogP contribution in [0.3, 0.4) is 0 Å². The predicted octanol–water partition coefficient (Wildman–Crippen LogP) is 2.68. The number of hydrogen-bond acceptors (Lipinski definition) is 4. The van der Waals surface area contributed by atoms with Crippen molar-refractivity contribution >= 4 is 11.9 Å². The molecule has 0 saturated heterocycles. The first-order chi connectivity index (χ1) is 11.1. The van der Waals surface area contributed by atoms with E-state index in [1.54, 1.807) is 19.2 Å². The Morgan fingerprint density at radius 3 is 2.52 bits per heavy atom. The zero-order valence-electron chi connectivity index (χ0n) is 13.8. The zero-order valence-corrected chi connectivity index (χ0v) is 13.8. The van der Waals surface area contributed by atoms with Crippen molar-refractivity contribution in [3.8, 4) is 0 Å². The van der Waals surface area contributed by atoms with E-state index < -0.39 is 5.97 Å². The summed E-state index contributed by atoms with van der Waals surface area (Å²) in [6, 6.07) is 7.17. The zero-order chi connectivity index (χ0) is 16.7. The highest BCUT2D eigenvalue weighted by atomic mass is 16.5. The van der Waals surface area contributed by atoms with Gasteiger partial charge in [0.25, 0.3) is 5.91 Å². The summed E-state index contributed by atoms with van der Waals surface area (Å²) < 4.78 is 10.1. The fourth-order valence-electron chi connectivity index (χ4n) is 2.90. The first kappa shape index (κ1) is 17.5. The second-order valence-electron chi connectivity index (χ2n) is 6.14. The van der Waals surface area contributed by atoms with Crippen LogP contribution in [0.4, 0.5) is 0 Å². The molecule has 0 aliphatic heterocycles. The van der Waals surface area contributed by atoms with Crippen molar-refractivity contribution in [2.24, 2.45) is 5.92 Å². The third-order valence-corrected chi connectivity index (χ3v) is 4.29. The maximum absolute atomic E-state index is 11.9. The number of amides is 1. The van der Waals surface area contributed by atoms with Gasteiger partial charge in [-0.25, -0.2) is 4.79 Å². The lowest BCUT2D eigenvalue weighted by Crippen LogP contribution is -2.42. The fraction of sp³-hybridized carbons (Fsp3) is 0.556. The van der Waals surface area contributed by atoms with Gasteiger partial charge >= 0.3 is 5.97 Å². The highest BCUT2D eigenvalue weighted by Gasteiger charge is 2.23. The van der Waals surface area contributed by atoms with Crippen molar-refractivity contribution in [2.75, 3.05) is 13.7 Å². The summed E-state index contributed by atoms with van der Waals surface area (Å²) in [5.74, 6) is -0.231. The molecule has 5 nitrogen and oxygen atoms in total. The van der Waals surface area contributed by atoms with Crippen LogP contribution < -0.4 is 5.32 Å². The van der Waals surface area contributed by atoms with E-state index in [1.165, 1.54) is 6.42 Å². The van der Waals surface area contributed by atoms with Crippen LogP contribution >= 0.6 is 0 Å². The summed E-state index contributed by atoms with van der Waals surface area (Å²) in [4.78, 5) is 23.9. The van der Waals surface area contributed by atoms with Crippen LogP contribution in [-0.4, -0.2) is 31.6 Å². The standard InChI is InChI=1S/C18H25NO4/c1-13-5-3-4-6-16(13)19-17(20)12-23-18(21)15-9-7-14(8-10-15)11-22-2/h7-10,13,16H,3-6,11-12H2,1-2H3,(H,19,20)/t13-,16+/m1/s1. The molecular formula is C18H25NO4. The number of carbonyl (C=O) groups excluding carboxylic acids is 2. The average Bonchev–Trinajstić information content (AvgIpc) is 2.56. The van der Waals surface area contributed by atoms with Gasteiger partial charge in [0, 0.05) is 13.2 Å². The molecule has 1 aromatic carbocycles. The van der Waals surface area contributed by atoms with Crippen molar-refractivity contribution in [3.05, 3.63) is 35.4 Å². The monoisotopic (exact) mass is 319 g/mol. The number of esters is 1. The molecule has 0 aromatic heterocycles. The van der Waals surface area contributed by atoms with Gasteiger partial charge in [-0.2, -0.15) is 0 Å². The van der Waals surface area contributed by atoms with E-state index in [2.05, 4.69) is 12.2 Å². The molecule has 1 N–H and O–H groups in total. The Kier molecular flexibility index (Phi) is 6.59. The fourth-order valence-corrected chi connectivity index (χ4v) is 2.90. The molecule has 0 bridgehead atoms. The van der Waals surface area contributed by atoms with Gasteiger partial charge in [0.1, 0.15) is 0 Å². The van der Waals surface area contributed by atoms with Crippen LogP contribution in [-0.2, 0) is 20.9 Å².